The second-order valence-electron chi connectivity index (χ2n) is 5.00. The van der Waals surface area contributed by atoms with Crippen LogP contribution in [0.1, 0.15) is 0 Å². The lowest BCUT2D eigenvalue weighted by atomic mass is 10.2. The number of halogens is 1. The highest BCUT2D eigenvalue weighted by molar-refractivity contribution is 7.92. The molecule has 0 unspecified atom stereocenters. The molecule has 124 valence electrons. The van der Waals surface area contributed by atoms with Crippen LogP contribution in [0.2, 0.25) is 5.02 Å². The number of benzene rings is 1. The van der Waals surface area contributed by atoms with Crippen molar-refractivity contribution < 1.29 is 27.0 Å². The zero-order valence-corrected chi connectivity index (χ0v) is 13.9. The van der Waals surface area contributed by atoms with E-state index in [9.17, 15) is 21.9 Å². The number of hydrogen-bond donors (Lipinski definition) is 2. The zero-order chi connectivity index (χ0) is 16.5. The molecule has 0 spiro atoms. The Morgan fingerprint density at radius 3 is 2.27 bits per heavy atom. The van der Waals surface area contributed by atoms with E-state index in [1.54, 1.807) is 0 Å². The van der Waals surface area contributed by atoms with Gasteiger partial charge in [-0.25, -0.2) is 16.8 Å². The molecule has 22 heavy (non-hydrogen) atoms. The third-order valence-electron chi connectivity index (χ3n) is 3.40. The molecule has 0 aromatic heterocycles. The van der Waals surface area contributed by atoms with Crippen LogP contribution in [0, 0.1) is 0 Å². The van der Waals surface area contributed by atoms with Crippen molar-refractivity contribution in [2.24, 2.45) is 0 Å². The highest BCUT2D eigenvalue weighted by Gasteiger charge is 2.44. The second kappa shape index (κ2) is 6.42. The lowest BCUT2D eigenvalue weighted by Gasteiger charge is -2.28. The van der Waals surface area contributed by atoms with Crippen LogP contribution < -0.4 is 0 Å². The third-order valence-corrected chi connectivity index (χ3v) is 7.29. The van der Waals surface area contributed by atoms with Crippen LogP contribution in [-0.2, 0) is 19.9 Å². The van der Waals surface area contributed by atoms with Crippen molar-refractivity contribution in [1.29, 1.82) is 0 Å². The summed E-state index contributed by atoms with van der Waals surface area (Å²) in [6.07, 6.45) is -1.32. The number of aliphatic hydroxyl groups excluding tert-OH is 2. The quantitative estimate of drug-likeness (QED) is 0.722. The monoisotopic (exact) mass is 369 g/mol. The van der Waals surface area contributed by atoms with E-state index >= 15 is 0 Å². The Kier molecular flexibility index (Phi) is 5.15. The van der Waals surface area contributed by atoms with E-state index in [0.29, 0.717) is 5.02 Å². The van der Waals surface area contributed by atoms with E-state index in [1.807, 2.05) is 0 Å². The van der Waals surface area contributed by atoms with E-state index in [0.717, 1.165) is 4.31 Å². The maximum atomic E-state index is 12.6. The summed E-state index contributed by atoms with van der Waals surface area (Å²) in [6, 6.07) is 4.26. The number of nitrogens with zero attached hydrogens (tertiary/aromatic N) is 1. The molecular weight excluding hydrogens is 354 g/mol. The van der Waals surface area contributed by atoms with Gasteiger partial charge in [0.1, 0.15) is 0 Å². The Labute approximate surface area is 134 Å². The van der Waals surface area contributed by atoms with Gasteiger partial charge in [0.05, 0.1) is 35.2 Å². The number of sulfonamides is 1. The number of hydrogen-bond acceptors (Lipinski definition) is 6. The topological polar surface area (TPSA) is 112 Å². The largest absolute Gasteiger partial charge is 0.395 e. The fraction of sp³-hybridized carbons (Fsp3) is 0.500. The summed E-state index contributed by atoms with van der Waals surface area (Å²) in [5, 5.41) is 19.4. The zero-order valence-electron chi connectivity index (χ0n) is 11.5. The maximum Gasteiger partial charge on any atom is 0.243 e. The Bertz CT molecular complexity index is 731. The molecule has 10 heteroatoms. The number of sulfone groups is 1. The first-order valence-electron chi connectivity index (χ1n) is 6.44. The molecule has 0 saturated carbocycles. The lowest BCUT2D eigenvalue weighted by molar-refractivity contribution is 0.117. The minimum Gasteiger partial charge on any atom is -0.395 e. The van der Waals surface area contributed by atoms with Gasteiger partial charge >= 0.3 is 0 Å². The minimum absolute atomic E-state index is 0.0816. The molecule has 2 rings (SSSR count). The van der Waals surface area contributed by atoms with Gasteiger partial charge in [0.2, 0.25) is 10.0 Å². The highest BCUT2D eigenvalue weighted by atomic mass is 35.5. The molecule has 1 aromatic carbocycles. The van der Waals surface area contributed by atoms with Crippen molar-refractivity contribution >= 4 is 31.5 Å². The molecule has 1 heterocycles. The van der Waals surface area contributed by atoms with Crippen molar-refractivity contribution in [2.75, 3.05) is 24.7 Å². The second-order valence-corrected chi connectivity index (χ2v) is 9.49. The van der Waals surface area contributed by atoms with Gasteiger partial charge in [0.25, 0.3) is 0 Å². The van der Waals surface area contributed by atoms with Crippen LogP contribution in [0.4, 0.5) is 0 Å². The van der Waals surface area contributed by atoms with Gasteiger partial charge in [-0.1, -0.05) is 11.6 Å². The third kappa shape index (κ3) is 3.61. The van der Waals surface area contributed by atoms with E-state index in [-0.39, 0.29) is 11.4 Å². The van der Waals surface area contributed by atoms with Gasteiger partial charge in [-0.15, -0.1) is 0 Å². The molecule has 1 saturated heterocycles. The van der Waals surface area contributed by atoms with E-state index in [1.165, 1.54) is 24.3 Å². The van der Waals surface area contributed by atoms with Crippen LogP contribution in [0.5, 0.6) is 0 Å². The van der Waals surface area contributed by atoms with Crippen molar-refractivity contribution in [3.05, 3.63) is 29.3 Å². The highest BCUT2D eigenvalue weighted by Crippen LogP contribution is 2.26. The number of rotatable bonds is 5. The van der Waals surface area contributed by atoms with Crippen LogP contribution in [0.3, 0.4) is 0 Å². The predicted molar refractivity (Wildman–Crippen MR) is 80.9 cm³/mol. The standard InChI is InChI=1S/C12H16ClNO6S2/c13-9-1-3-10(4-2-9)22(19,20)14(5-6-15)11-7-21(17,18)8-12(11)16/h1-4,11-12,15-16H,5-8H2/t11-,12-/m0/s1. The summed E-state index contributed by atoms with van der Waals surface area (Å²) < 4.78 is 49.3. The molecule has 0 aliphatic carbocycles. The van der Waals surface area contributed by atoms with Crippen molar-refractivity contribution in [3.8, 4) is 0 Å². The Morgan fingerprint density at radius 1 is 1.23 bits per heavy atom. The Balaban J connectivity index is 2.41. The van der Waals surface area contributed by atoms with Gasteiger partial charge in [-0.05, 0) is 24.3 Å². The van der Waals surface area contributed by atoms with Gasteiger partial charge in [0.15, 0.2) is 9.84 Å². The van der Waals surface area contributed by atoms with Gasteiger partial charge in [-0.3, -0.25) is 0 Å². The molecular formula is C12H16ClNO6S2. The molecule has 1 aliphatic rings. The Morgan fingerprint density at radius 2 is 1.82 bits per heavy atom. The fourth-order valence-corrected chi connectivity index (χ4v) is 6.06. The summed E-state index contributed by atoms with van der Waals surface area (Å²) in [5.41, 5.74) is 0. The summed E-state index contributed by atoms with van der Waals surface area (Å²) in [7, 11) is -7.57. The van der Waals surface area contributed by atoms with E-state index in [4.69, 9.17) is 16.7 Å². The molecule has 1 aromatic rings. The molecule has 1 fully saturated rings. The van der Waals surface area contributed by atoms with Crippen molar-refractivity contribution in [2.45, 2.75) is 17.0 Å². The van der Waals surface area contributed by atoms with E-state index < -0.39 is 50.1 Å². The maximum absolute atomic E-state index is 12.6. The minimum atomic E-state index is -4.06. The average Bonchev–Trinajstić information content (AvgIpc) is 2.69. The fourth-order valence-electron chi connectivity index (χ4n) is 2.39. The first-order chi connectivity index (χ1) is 10.2. The summed E-state index contributed by atoms with van der Waals surface area (Å²) >= 11 is 5.72. The SMILES string of the molecule is O=S1(=O)C[C@H](O)[C@@H](N(CCO)S(=O)(=O)c2ccc(Cl)cc2)C1. The van der Waals surface area contributed by atoms with Gasteiger partial charge < -0.3 is 10.2 Å². The average molecular weight is 370 g/mol. The van der Waals surface area contributed by atoms with Crippen LogP contribution in [0.15, 0.2) is 29.2 Å². The summed E-state index contributed by atoms with van der Waals surface area (Å²) in [6.45, 7) is -0.793. The number of aliphatic hydroxyl groups is 2. The molecule has 1 aliphatic heterocycles. The van der Waals surface area contributed by atoms with E-state index in [2.05, 4.69) is 0 Å². The van der Waals surface area contributed by atoms with Crippen LogP contribution in [-0.4, -0.2) is 68.2 Å². The van der Waals surface area contributed by atoms with Crippen LogP contribution in [0.25, 0.3) is 0 Å². The van der Waals surface area contributed by atoms with Gasteiger partial charge in [-0.2, -0.15) is 4.31 Å². The summed E-state index contributed by atoms with van der Waals surface area (Å²) in [5.74, 6) is -0.962. The first-order valence-corrected chi connectivity index (χ1v) is 10.1. The van der Waals surface area contributed by atoms with Crippen molar-refractivity contribution in [3.63, 3.8) is 0 Å². The molecule has 2 N–H and O–H groups in total. The van der Waals surface area contributed by atoms with Crippen LogP contribution >= 0.6 is 11.6 Å². The molecule has 0 amide bonds. The molecule has 7 nitrogen and oxygen atoms in total. The Hall–Kier alpha value is -0.710. The molecule has 0 bridgehead atoms. The predicted octanol–water partition coefficient (Wildman–Crippen LogP) is -0.519. The molecule has 2 atom stereocenters. The lowest BCUT2D eigenvalue weighted by Crippen LogP contribution is -2.47. The van der Waals surface area contributed by atoms with Gasteiger partial charge in [0, 0.05) is 11.6 Å². The normalized spacial score (nSPS) is 24.7. The smallest absolute Gasteiger partial charge is 0.243 e. The van der Waals surface area contributed by atoms with Crippen molar-refractivity contribution in [1.82, 2.24) is 4.31 Å². The summed E-state index contributed by atoms with van der Waals surface area (Å²) in [4.78, 5) is -0.0816. The molecule has 0 radical (unpaired) electrons. The first kappa shape index (κ1) is 17.6.